The molecule has 3 N–H and O–H groups in total. The van der Waals surface area contributed by atoms with Gasteiger partial charge in [0.15, 0.2) is 0 Å². The van der Waals surface area contributed by atoms with Gasteiger partial charge < -0.3 is 10.2 Å². The number of nitrogens with one attached hydrogen (secondary N) is 1. The van der Waals surface area contributed by atoms with E-state index in [-0.39, 0.29) is 12.4 Å². The van der Waals surface area contributed by atoms with Gasteiger partial charge >= 0.3 is 5.97 Å². The minimum Gasteiger partial charge on any atom is -0.466 e. The zero-order chi connectivity index (χ0) is 11.3. The molecule has 0 amide bonds. The van der Waals surface area contributed by atoms with E-state index in [4.69, 9.17) is 10.6 Å². The van der Waals surface area contributed by atoms with E-state index in [0.717, 1.165) is 15.7 Å². The van der Waals surface area contributed by atoms with Crippen molar-refractivity contribution in [3.63, 3.8) is 0 Å². The molecule has 0 heterocycles. The summed E-state index contributed by atoms with van der Waals surface area (Å²) in [5.41, 5.74) is 4.20. The fraction of sp³-hybridized carbons (Fsp3) is 0.300. The monoisotopic (exact) mass is 272 g/mol. The molecule has 0 aliphatic rings. The highest BCUT2D eigenvalue weighted by molar-refractivity contribution is 9.10. The van der Waals surface area contributed by atoms with E-state index in [1.54, 1.807) is 13.0 Å². The number of carbonyl (C=O) groups excluding carboxylic acids is 1. The Balaban J connectivity index is 2.73. The summed E-state index contributed by atoms with van der Waals surface area (Å²) in [5, 5.41) is 0. The SMILES string of the molecule is CCOC(=O)Cc1ccc(NN)cc1Br. The van der Waals surface area contributed by atoms with Crippen molar-refractivity contribution in [2.75, 3.05) is 12.0 Å². The van der Waals surface area contributed by atoms with Crippen LogP contribution < -0.4 is 11.3 Å². The van der Waals surface area contributed by atoms with Gasteiger partial charge in [0.2, 0.25) is 0 Å². The molecule has 1 rings (SSSR count). The van der Waals surface area contributed by atoms with Gasteiger partial charge in [-0.3, -0.25) is 10.6 Å². The number of benzene rings is 1. The standard InChI is InChI=1S/C10H13BrN2O2/c1-2-15-10(14)5-7-3-4-8(13-12)6-9(7)11/h3-4,6,13H,2,5,12H2,1H3. The average Bonchev–Trinajstić information content (AvgIpc) is 2.21. The maximum Gasteiger partial charge on any atom is 0.310 e. The van der Waals surface area contributed by atoms with Gasteiger partial charge in [0.1, 0.15) is 0 Å². The Bertz CT molecular complexity index is 355. The molecule has 0 atom stereocenters. The van der Waals surface area contributed by atoms with Crippen LogP contribution in [0.15, 0.2) is 22.7 Å². The first-order valence-corrected chi connectivity index (χ1v) is 5.37. The number of halogens is 1. The first kappa shape index (κ1) is 12.0. The molecule has 4 nitrogen and oxygen atoms in total. The molecule has 0 aromatic heterocycles. The van der Waals surface area contributed by atoms with Crippen molar-refractivity contribution in [3.05, 3.63) is 28.2 Å². The molecule has 15 heavy (non-hydrogen) atoms. The zero-order valence-electron chi connectivity index (χ0n) is 8.42. The molecule has 0 bridgehead atoms. The van der Waals surface area contributed by atoms with Crippen LogP contribution in [0.4, 0.5) is 5.69 Å². The summed E-state index contributed by atoms with van der Waals surface area (Å²) in [6, 6.07) is 5.45. The van der Waals surface area contributed by atoms with E-state index in [1.807, 2.05) is 12.1 Å². The third kappa shape index (κ3) is 3.53. The van der Waals surface area contributed by atoms with Crippen molar-refractivity contribution in [3.8, 4) is 0 Å². The fourth-order valence-electron chi connectivity index (χ4n) is 1.15. The molecule has 0 saturated heterocycles. The molecule has 0 aliphatic carbocycles. The largest absolute Gasteiger partial charge is 0.466 e. The molecule has 0 radical (unpaired) electrons. The van der Waals surface area contributed by atoms with Crippen LogP contribution >= 0.6 is 15.9 Å². The van der Waals surface area contributed by atoms with Crippen molar-refractivity contribution < 1.29 is 9.53 Å². The highest BCUT2D eigenvalue weighted by Gasteiger charge is 2.07. The van der Waals surface area contributed by atoms with Crippen LogP contribution in [0, 0.1) is 0 Å². The van der Waals surface area contributed by atoms with Crippen LogP contribution in [0.5, 0.6) is 0 Å². The third-order valence-electron chi connectivity index (χ3n) is 1.86. The second-order valence-corrected chi connectivity index (χ2v) is 3.79. The van der Waals surface area contributed by atoms with Gasteiger partial charge in [0.05, 0.1) is 13.0 Å². The lowest BCUT2D eigenvalue weighted by Crippen LogP contribution is -2.09. The molecule has 1 aromatic rings. The second kappa shape index (κ2) is 5.72. The molecule has 0 fully saturated rings. The molecule has 1 aromatic carbocycles. The minimum atomic E-state index is -0.230. The quantitative estimate of drug-likeness (QED) is 0.499. The predicted molar refractivity (Wildman–Crippen MR) is 62.3 cm³/mol. The summed E-state index contributed by atoms with van der Waals surface area (Å²) in [6.45, 7) is 2.19. The van der Waals surface area contributed by atoms with E-state index >= 15 is 0 Å². The molecular formula is C10H13BrN2O2. The topological polar surface area (TPSA) is 64.3 Å². The maximum absolute atomic E-state index is 11.2. The zero-order valence-corrected chi connectivity index (χ0v) is 10.0. The summed E-state index contributed by atoms with van der Waals surface area (Å²) in [7, 11) is 0. The van der Waals surface area contributed by atoms with Gasteiger partial charge in [0.25, 0.3) is 0 Å². The number of hydrazine groups is 1. The molecule has 0 unspecified atom stereocenters. The number of nitrogen functional groups attached to an aromatic ring is 1. The number of nitrogens with two attached hydrogens (primary N) is 1. The van der Waals surface area contributed by atoms with E-state index < -0.39 is 0 Å². The van der Waals surface area contributed by atoms with Gasteiger partial charge in [0, 0.05) is 10.2 Å². The molecule has 0 aliphatic heterocycles. The van der Waals surface area contributed by atoms with Crippen molar-refractivity contribution in [1.29, 1.82) is 0 Å². The lowest BCUT2D eigenvalue weighted by Gasteiger charge is -2.06. The Hall–Kier alpha value is -1.07. The van der Waals surface area contributed by atoms with Crippen molar-refractivity contribution in [2.24, 2.45) is 5.84 Å². The van der Waals surface area contributed by atoms with Crippen molar-refractivity contribution in [1.82, 2.24) is 0 Å². The van der Waals surface area contributed by atoms with Gasteiger partial charge in [-0.05, 0) is 24.6 Å². The fourth-order valence-corrected chi connectivity index (χ4v) is 1.67. The Labute approximate surface area is 96.9 Å². The Morgan fingerprint density at radius 3 is 2.87 bits per heavy atom. The van der Waals surface area contributed by atoms with Crippen molar-refractivity contribution >= 4 is 27.6 Å². The highest BCUT2D eigenvalue weighted by Crippen LogP contribution is 2.21. The number of hydrogen-bond donors (Lipinski definition) is 2. The second-order valence-electron chi connectivity index (χ2n) is 2.93. The van der Waals surface area contributed by atoms with Crippen LogP contribution in [0.3, 0.4) is 0 Å². The van der Waals surface area contributed by atoms with Crippen LogP contribution in [-0.4, -0.2) is 12.6 Å². The lowest BCUT2D eigenvalue weighted by atomic mass is 10.1. The molecule has 82 valence electrons. The highest BCUT2D eigenvalue weighted by atomic mass is 79.9. The van der Waals surface area contributed by atoms with Crippen LogP contribution in [-0.2, 0) is 16.0 Å². The van der Waals surface area contributed by atoms with Gasteiger partial charge in [-0.1, -0.05) is 22.0 Å². The number of carbonyl (C=O) groups is 1. The summed E-state index contributed by atoms with van der Waals surface area (Å²) in [6.07, 6.45) is 0.263. The average molecular weight is 273 g/mol. The summed E-state index contributed by atoms with van der Waals surface area (Å²) in [5.74, 6) is 5.03. The van der Waals surface area contributed by atoms with Gasteiger partial charge in [-0.25, -0.2) is 0 Å². The molecule has 0 saturated carbocycles. The predicted octanol–water partition coefficient (Wildman–Crippen LogP) is 1.84. The molecule has 5 heteroatoms. The van der Waals surface area contributed by atoms with Gasteiger partial charge in [-0.2, -0.15) is 0 Å². The minimum absolute atomic E-state index is 0.230. The normalized spacial score (nSPS) is 9.80. The molecular weight excluding hydrogens is 260 g/mol. The van der Waals surface area contributed by atoms with E-state index in [9.17, 15) is 4.79 Å². The summed E-state index contributed by atoms with van der Waals surface area (Å²) < 4.78 is 5.70. The van der Waals surface area contributed by atoms with Crippen molar-refractivity contribution in [2.45, 2.75) is 13.3 Å². The Kier molecular flexibility index (Phi) is 4.58. The Morgan fingerprint density at radius 1 is 1.60 bits per heavy atom. The van der Waals surface area contributed by atoms with Crippen LogP contribution in [0.2, 0.25) is 0 Å². The summed E-state index contributed by atoms with van der Waals surface area (Å²) in [4.78, 5) is 11.2. The third-order valence-corrected chi connectivity index (χ3v) is 2.60. The van der Waals surface area contributed by atoms with Crippen LogP contribution in [0.1, 0.15) is 12.5 Å². The summed E-state index contributed by atoms with van der Waals surface area (Å²) >= 11 is 3.36. The Morgan fingerprint density at radius 2 is 2.33 bits per heavy atom. The first-order valence-electron chi connectivity index (χ1n) is 4.58. The lowest BCUT2D eigenvalue weighted by molar-refractivity contribution is -0.142. The van der Waals surface area contributed by atoms with E-state index in [1.165, 1.54) is 0 Å². The molecule has 0 spiro atoms. The number of hydrogen-bond acceptors (Lipinski definition) is 4. The van der Waals surface area contributed by atoms with Crippen LogP contribution in [0.25, 0.3) is 0 Å². The first-order chi connectivity index (χ1) is 7.17. The number of rotatable bonds is 4. The van der Waals surface area contributed by atoms with E-state index in [2.05, 4.69) is 21.4 Å². The number of anilines is 1. The number of esters is 1. The van der Waals surface area contributed by atoms with E-state index in [0.29, 0.717) is 6.61 Å². The maximum atomic E-state index is 11.2. The van der Waals surface area contributed by atoms with Gasteiger partial charge in [-0.15, -0.1) is 0 Å². The number of ether oxygens (including phenoxy) is 1. The smallest absolute Gasteiger partial charge is 0.310 e.